The number of aromatic amines is 1. The molecular formula is C15H18N4O. The lowest BCUT2D eigenvalue weighted by Crippen LogP contribution is -2.35. The summed E-state index contributed by atoms with van der Waals surface area (Å²) >= 11 is 0. The summed E-state index contributed by atoms with van der Waals surface area (Å²) in [4.78, 5) is 18.7. The first-order chi connectivity index (χ1) is 9.74. The Kier molecular flexibility index (Phi) is 3.50. The zero-order chi connectivity index (χ0) is 13.9. The van der Waals surface area contributed by atoms with Gasteiger partial charge in [-0.05, 0) is 44.4 Å². The van der Waals surface area contributed by atoms with Crippen LogP contribution in [0.3, 0.4) is 0 Å². The molecule has 0 bridgehead atoms. The van der Waals surface area contributed by atoms with Gasteiger partial charge in [-0.2, -0.15) is 5.10 Å². The SMILES string of the molecule is Cc1cc(-c2cc(C(=O)N3CCCCC3)ccn2)n[nH]1. The van der Waals surface area contributed by atoms with Gasteiger partial charge in [-0.25, -0.2) is 0 Å². The number of rotatable bonds is 2. The van der Waals surface area contributed by atoms with Gasteiger partial charge in [0.25, 0.3) is 5.91 Å². The van der Waals surface area contributed by atoms with Gasteiger partial charge >= 0.3 is 0 Å². The van der Waals surface area contributed by atoms with Crippen molar-refractivity contribution in [1.29, 1.82) is 0 Å². The molecule has 1 amide bonds. The van der Waals surface area contributed by atoms with Crippen LogP contribution >= 0.6 is 0 Å². The normalized spacial score (nSPS) is 15.3. The molecule has 2 aromatic rings. The van der Waals surface area contributed by atoms with Crippen LogP contribution in [0.1, 0.15) is 35.3 Å². The van der Waals surface area contributed by atoms with Crippen LogP contribution in [0.25, 0.3) is 11.4 Å². The Morgan fingerprint density at radius 3 is 2.70 bits per heavy atom. The second-order valence-electron chi connectivity index (χ2n) is 5.22. The predicted octanol–water partition coefficient (Wildman–Crippen LogP) is 2.41. The number of carbonyl (C=O) groups is 1. The second kappa shape index (κ2) is 5.45. The van der Waals surface area contributed by atoms with E-state index in [1.54, 1.807) is 12.3 Å². The molecule has 3 heterocycles. The summed E-state index contributed by atoms with van der Waals surface area (Å²) in [5.41, 5.74) is 3.18. The van der Waals surface area contributed by atoms with Crippen LogP contribution in [-0.4, -0.2) is 39.1 Å². The van der Waals surface area contributed by atoms with Gasteiger partial charge in [0.05, 0.1) is 5.69 Å². The van der Waals surface area contributed by atoms with Gasteiger partial charge in [-0.1, -0.05) is 0 Å². The molecule has 0 spiro atoms. The van der Waals surface area contributed by atoms with E-state index in [1.165, 1.54) is 6.42 Å². The molecule has 1 aliphatic heterocycles. The Hall–Kier alpha value is -2.17. The summed E-state index contributed by atoms with van der Waals surface area (Å²) < 4.78 is 0. The topological polar surface area (TPSA) is 61.9 Å². The first-order valence-corrected chi connectivity index (χ1v) is 7.02. The van der Waals surface area contributed by atoms with Gasteiger partial charge in [0.1, 0.15) is 5.69 Å². The summed E-state index contributed by atoms with van der Waals surface area (Å²) in [5.74, 6) is 0.0978. The number of nitrogens with one attached hydrogen (secondary N) is 1. The third-order valence-corrected chi connectivity index (χ3v) is 3.62. The number of hydrogen-bond donors (Lipinski definition) is 1. The van der Waals surface area contributed by atoms with Crippen molar-refractivity contribution in [3.8, 4) is 11.4 Å². The lowest BCUT2D eigenvalue weighted by atomic mass is 10.1. The van der Waals surface area contributed by atoms with E-state index in [1.807, 2.05) is 24.0 Å². The van der Waals surface area contributed by atoms with Crippen molar-refractivity contribution >= 4 is 5.91 Å². The number of pyridine rings is 1. The van der Waals surface area contributed by atoms with E-state index in [0.717, 1.165) is 43.0 Å². The minimum absolute atomic E-state index is 0.0978. The van der Waals surface area contributed by atoms with Crippen molar-refractivity contribution in [3.05, 3.63) is 35.7 Å². The van der Waals surface area contributed by atoms with Crippen LogP contribution in [0.5, 0.6) is 0 Å². The third-order valence-electron chi connectivity index (χ3n) is 3.62. The Balaban J connectivity index is 1.85. The molecule has 0 aliphatic carbocycles. The van der Waals surface area contributed by atoms with Gasteiger partial charge in [0.15, 0.2) is 0 Å². The molecule has 2 aromatic heterocycles. The fourth-order valence-corrected chi connectivity index (χ4v) is 2.53. The molecule has 1 aliphatic rings. The highest BCUT2D eigenvalue weighted by atomic mass is 16.2. The lowest BCUT2D eigenvalue weighted by Gasteiger charge is -2.26. The fraction of sp³-hybridized carbons (Fsp3) is 0.400. The maximum atomic E-state index is 12.5. The van der Waals surface area contributed by atoms with E-state index < -0.39 is 0 Å². The quantitative estimate of drug-likeness (QED) is 0.911. The molecule has 0 unspecified atom stereocenters. The van der Waals surface area contributed by atoms with Gasteiger partial charge in [0.2, 0.25) is 0 Å². The third kappa shape index (κ3) is 2.57. The Labute approximate surface area is 118 Å². The van der Waals surface area contributed by atoms with Gasteiger partial charge in [0, 0.05) is 30.5 Å². The van der Waals surface area contributed by atoms with E-state index in [4.69, 9.17) is 0 Å². The number of nitrogens with zero attached hydrogens (tertiary/aromatic N) is 3. The van der Waals surface area contributed by atoms with Crippen LogP contribution in [0.4, 0.5) is 0 Å². The van der Waals surface area contributed by atoms with Crippen LogP contribution in [0.2, 0.25) is 0 Å². The highest BCUT2D eigenvalue weighted by Gasteiger charge is 2.18. The standard InChI is InChI=1S/C15H18N4O/c1-11-9-14(18-17-11)13-10-12(5-6-16-13)15(20)19-7-3-2-4-8-19/h5-6,9-10H,2-4,7-8H2,1H3,(H,17,18). The summed E-state index contributed by atoms with van der Waals surface area (Å²) in [7, 11) is 0. The van der Waals surface area contributed by atoms with E-state index in [0.29, 0.717) is 5.56 Å². The number of carbonyl (C=O) groups excluding carboxylic acids is 1. The lowest BCUT2D eigenvalue weighted by molar-refractivity contribution is 0.0724. The van der Waals surface area contributed by atoms with E-state index in [-0.39, 0.29) is 5.91 Å². The van der Waals surface area contributed by atoms with Crippen LogP contribution in [-0.2, 0) is 0 Å². The Morgan fingerprint density at radius 1 is 1.20 bits per heavy atom. The van der Waals surface area contributed by atoms with Crippen molar-refractivity contribution in [2.75, 3.05) is 13.1 Å². The molecule has 104 valence electrons. The first-order valence-electron chi connectivity index (χ1n) is 7.02. The minimum Gasteiger partial charge on any atom is -0.339 e. The van der Waals surface area contributed by atoms with Crippen molar-refractivity contribution < 1.29 is 4.79 Å². The number of amides is 1. The van der Waals surface area contributed by atoms with E-state index in [9.17, 15) is 4.79 Å². The van der Waals surface area contributed by atoms with Crippen molar-refractivity contribution in [2.45, 2.75) is 26.2 Å². The first kappa shape index (κ1) is 12.8. The number of aromatic nitrogens is 3. The number of piperidine rings is 1. The molecule has 20 heavy (non-hydrogen) atoms. The van der Waals surface area contributed by atoms with Gasteiger partial charge in [-0.15, -0.1) is 0 Å². The predicted molar refractivity (Wildman–Crippen MR) is 76.3 cm³/mol. The summed E-state index contributed by atoms with van der Waals surface area (Å²) in [6, 6.07) is 5.53. The number of aryl methyl sites for hydroxylation is 1. The van der Waals surface area contributed by atoms with Crippen LogP contribution in [0, 0.1) is 6.92 Å². The average Bonchev–Trinajstić information content (AvgIpc) is 2.94. The largest absolute Gasteiger partial charge is 0.339 e. The molecule has 0 aromatic carbocycles. The van der Waals surface area contributed by atoms with Crippen LogP contribution in [0.15, 0.2) is 24.4 Å². The fourth-order valence-electron chi connectivity index (χ4n) is 2.53. The highest BCUT2D eigenvalue weighted by molar-refractivity contribution is 5.95. The zero-order valence-corrected chi connectivity index (χ0v) is 11.6. The molecular weight excluding hydrogens is 252 g/mol. The summed E-state index contributed by atoms with van der Waals surface area (Å²) in [5, 5.41) is 7.08. The Bertz CT molecular complexity index is 614. The summed E-state index contributed by atoms with van der Waals surface area (Å²) in [6.45, 7) is 3.66. The molecule has 3 rings (SSSR count). The van der Waals surface area contributed by atoms with Crippen LogP contribution < -0.4 is 0 Å². The maximum absolute atomic E-state index is 12.5. The van der Waals surface area contributed by atoms with Gasteiger partial charge in [-0.3, -0.25) is 14.9 Å². The van der Waals surface area contributed by atoms with E-state index in [2.05, 4.69) is 15.2 Å². The minimum atomic E-state index is 0.0978. The number of likely N-dealkylation sites (tertiary alicyclic amines) is 1. The summed E-state index contributed by atoms with van der Waals surface area (Å²) in [6.07, 6.45) is 5.10. The van der Waals surface area contributed by atoms with E-state index >= 15 is 0 Å². The molecule has 1 saturated heterocycles. The molecule has 5 heteroatoms. The molecule has 1 fully saturated rings. The number of H-pyrrole nitrogens is 1. The number of hydrogen-bond acceptors (Lipinski definition) is 3. The molecule has 1 N–H and O–H groups in total. The van der Waals surface area contributed by atoms with Gasteiger partial charge < -0.3 is 4.90 Å². The average molecular weight is 270 g/mol. The molecule has 5 nitrogen and oxygen atoms in total. The van der Waals surface area contributed by atoms with Crippen molar-refractivity contribution in [3.63, 3.8) is 0 Å². The van der Waals surface area contributed by atoms with Crippen molar-refractivity contribution in [2.24, 2.45) is 0 Å². The monoisotopic (exact) mass is 270 g/mol. The Morgan fingerprint density at radius 2 is 2.00 bits per heavy atom. The molecule has 0 atom stereocenters. The van der Waals surface area contributed by atoms with Crippen molar-refractivity contribution in [1.82, 2.24) is 20.1 Å². The highest BCUT2D eigenvalue weighted by Crippen LogP contribution is 2.18. The molecule has 0 radical (unpaired) electrons. The molecule has 0 saturated carbocycles. The zero-order valence-electron chi connectivity index (χ0n) is 11.6. The smallest absolute Gasteiger partial charge is 0.253 e. The second-order valence-corrected chi connectivity index (χ2v) is 5.22. The maximum Gasteiger partial charge on any atom is 0.253 e.